The van der Waals surface area contributed by atoms with Gasteiger partial charge < -0.3 is 0 Å². The molecular formula is C30H62N8P4. The average Bonchev–Trinajstić information content (AvgIpc) is 2.67. The first-order valence-electron chi connectivity index (χ1n) is 15.2. The maximum Gasteiger partial charge on any atom is 0.159 e. The molecule has 1 aromatic rings. The Morgan fingerprint density at radius 2 is 0.571 bits per heavy atom. The maximum atomic E-state index is 3.99. The quantitative estimate of drug-likeness (QED) is 0.226. The van der Waals surface area contributed by atoms with Crippen molar-refractivity contribution in [2.75, 3.05) is 8.88 Å². The Bertz CT molecular complexity index is 925. The normalized spacial score (nSPS) is 25.5. The summed E-state index contributed by atoms with van der Waals surface area (Å²) >= 11 is 0. The van der Waals surface area contributed by atoms with E-state index in [4.69, 9.17) is 0 Å². The molecule has 0 aromatic heterocycles. The van der Waals surface area contributed by atoms with Gasteiger partial charge in [-0.2, -0.15) is 8.88 Å². The van der Waals surface area contributed by atoms with Crippen molar-refractivity contribution >= 4 is 44.9 Å². The van der Waals surface area contributed by atoms with E-state index in [1.165, 1.54) is 11.4 Å². The van der Waals surface area contributed by atoms with Crippen molar-refractivity contribution in [1.82, 2.24) is 29.2 Å². The van der Waals surface area contributed by atoms with Gasteiger partial charge in [0.15, 0.2) is 33.5 Å². The largest absolute Gasteiger partial charge is 0.278 e. The molecule has 2 saturated heterocycles. The first kappa shape index (κ1) is 36.8. The van der Waals surface area contributed by atoms with Crippen LogP contribution in [0.4, 0.5) is 11.4 Å². The SMILES string of the molecule is CC(C)(C)NP1N(c2ccc(N3P(NC(C)(C)C)N(C(C)(C)C)P3NC(C)(C)C)cc2)P(NC(C)(C)C)N1C(C)(C)C. The highest BCUT2D eigenvalue weighted by Crippen LogP contribution is 2.79. The second-order valence-electron chi connectivity index (χ2n) is 17.6. The summed E-state index contributed by atoms with van der Waals surface area (Å²) in [5.41, 5.74) is 2.67. The highest BCUT2D eigenvalue weighted by atomic mass is 31.3. The molecule has 4 unspecified atom stereocenters. The van der Waals surface area contributed by atoms with Crippen LogP contribution >= 0.6 is 33.5 Å². The minimum atomic E-state index is -0.717. The molecule has 0 spiro atoms. The molecule has 4 atom stereocenters. The summed E-state index contributed by atoms with van der Waals surface area (Å²) in [6, 6.07) is 9.40. The van der Waals surface area contributed by atoms with Crippen molar-refractivity contribution in [2.45, 2.75) is 158 Å². The van der Waals surface area contributed by atoms with Gasteiger partial charge in [-0.25, -0.2) is 0 Å². The topological polar surface area (TPSA) is 61.1 Å². The molecule has 0 aliphatic carbocycles. The number of rotatable bonds is 6. The lowest BCUT2D eigenvalue weighted by Crippen LogP contribution is -2.58. The van der Waals surface area contributed by atoms with Crippen LogP contribution in [0.1, 0.15) is 125 Å². The minimum absolute atomic E-state index is 0.00746. The molecule has 12 heteroatoms. The van der Waals surface area contributed by atoms with Crippen molar-refractivity contribution in [3.63, 3.8) is 0 Å². The van der Waals surface area contributed by atoms with Crippen molar-refractivity contribution in [2.24, 2.45) is 0 Å². The third-order valence-corrected chi connectivity index (χ3v) is 19.4. The third-order valence-electron chi connectivity index (χ3n) is 5.69. The van der Waals surface area contributed by atoms with Gasteiger partial charge in [-0.3, -0.25) is 29.2 Å². The van der Waals surface area contributed by atoms with E-state index in [-0.39, 0.29) is 33.2 Å². The van der Waals surface area contributed by atoms with Gasteiger partial charge in [0.05, 0.1) is 0 Å². The Labute approximate surface area is 264 Å². The fraction of sp³-hybridized carbons (Fsp3) is 0.800. The predicted octanol–water partition coefficient (Wildman–Crippen LogP) is 9.99. The Hall–Kier alpha value is 0.300. The molecule has 0 bridgehead atoms. The standard InChI is InChI=1S/C30H62N8P4/c1-25(2,3)31-39-35(40(32-26(4,5)6)37(39)29(13,14)15)23-19-21-24(22-20-23)36-41(33-27(7,8)9)38(30(16,17)18)42(36)34-28(10,11)12/h19-22,31-34H,1-18H3. The van der Waals surface area contributed by atoms with Crippen molar-refractivity contribution < 1.29 is 0 Å². The van der Waals surface area contributed by atoms with E-state index < -0.39 is 33.5 Å². The molecule has 4 N–H and O–H groups in total. The Morgan fingerprint density at radius 3 is 0.714 bits per heavy atom. The Kier molecular flexibility index (Phi) is 10.6. The number of benzene rings is 1. The van der Waals surface area contributed by atoms with E-state index in [9.17, 15) is 0 Å². The zero-order chi connectivity index (χ0) is 32.4. The van der Waals surface area contributed by atoms with Crippen LogP contribution < -0.4 is 29.2 Å². The number of anilines is 2. The van der Waals surface area contributed by atoms with E-state index in [1.54, 1.807) is 0 Å². The molecule has 1 aromatic carbocycles. The third kappa shape index (κ3) is 9.19. The molecule has 8 nitrogen and oxygen atoms in total. The van der Waals surface area contributed by atoms with Gasteiger partial charge in [0.25, 0.3) is 0 Å². The molecular weight excluding hydrogens is 596 g/mol. The Balaban J connectivity index is 2.03. The van der Waals surface area contributed by atoms with E-state index in [0.717, 1.165) is 0 Å². The summed E-state index contributed by atoms with van der Waals surface area (Å²) in [5.74, 6) is 0. The van der Waals surface area contributed by atoms with Crippen molar-refractivity contribution in [3.8, 4) is 0 Å². The van der Waals surface area contributed by atoms with Gasteiger partial charge in [0, 0.05) is 44.6 Å². The second-order valence-corrected chi connectivity index (χ2v) is 25.3. The predicted molar refractivity (Wildman–Crippen MR) is 194 cm³/mol. The average molecular weight is 659 g/mol. The fourth-order valence-corrected chi connectivity index (χ4v) is 16.5. The smallest absolute Gasteiger partial charge is 0.159 e. The van der Waals surface area contributed by atoms with Gasteiger partial charge in [0.2, 0.25) is 0 Å². The molecule has 2 heterocycles. The molecule has 42 heavy (non-hydrogen) atoms. The van der Waals surface area contributed by atoms with Crippen LogP contribution in [0.5, 0.6) is 0 Å². The lowest BCUT2D eigenvalue weighted by Gasteiger charge is -2.64. The molecule has 2 aliphatic rings. The second kappa shape index (κ2) is 12.2. The molecule has 0 saturated carbocycles. The van der Waals surface area contributed by atoms with Gasteiger partial charge in [0.1, 0.15) is 0 Å². The van der Waals surface area contributed by atoms with Crippen LogP contribution in [0.15, 0.2) is 24.3 Å². The molecule has 0 radical (unpaired) electrons. The lowest BCUT2D eigenvalue weighted by molar-refractivity contribution is 0.358. The van der Waals surface area contributed by atoms with Crippen molar-refractivity contribution in [1.29, 1.82) is 0 Å². The zero-order valence-corrected chi connectivity index (χ0v) is 33.5. The number of hydrogen-bond acceptors (Lipinski definition) is 8. The van der Waals surface area contributed by atoms with Gasteiger partial charge >= 0.3 is 0 Å². The van der Waals surface area contributed by atoms with Crippen LogP contribution in [0.2, 0.25) is 0 Å². The van der Waals surface area contributed by atoms with Gasteiger partial charge in [-0.1, -0.05) is 0 Å². The summed E-state index contributed by atoms with van der Waals surface area (Å²) in [5, 5.41) is 15.9. The van der Waals surface area contributed by atoms with Crippen molar-refractivity contribution in [3.05, 3.63) is 24.3 Å². The summed E-state index contributed by atoms with van der Waals surface area (Å²) in [6.07, 6.45) is 0. The molecule has 3 rings (SSSR count). The monoisotopic (exact) mass is 658 g/mol. The first-order valence-corrected chi connectivity index (χ1v) is 20.2. The molecule has 0 amide bonds. The molecule has 2 aliphatic heterocycles. The van der Waals surface area contributed by atoms with Gasteiger partial charge in [-0.15, -0.1) is 0 Å². The van der Waals surface area contributed by atoms with Crippen LogP contribution in [-0.2, 0) is 0 Å². The van der Waals surface area contributed by atoms with E-state index >= 15 is 0 Å². The highest BCUT2D eigenvalue weighted by Gasteiger charge is 2.56. The summed E-state index contributed by atoms with van der Waals surface area (Å²) < 4.78 is 10.7. The Morgan fingerprint density at radius 1 is 0.381 bits per heavy atom. The van der Waals surface area contributed by atoms with E-state index in [1.807, 2.05) is 0 Å². The fourth-order valence-electron chi connectivity index (χ4n) is 4.45. The summed E-state index contributed by atoms with van der Waals surface area (Å²) in [4.78, 5) is 0. The van der Waals surface area contributed by atoms with Gasteiger partial charge in [-0.05, 0) is 149 Å². The lowest BCUT2D eigenvalue weighted by atomic mass is 10.1. The first-order chi connectivity index (χ1) is 18.6. The maximum absolute atomic E-state index is 3.99. The number of nitrogens with one attached hydrogen (secondary N) is 4. The number of hydrogen-bond donors (Lipinski definition) is 4. The van der Waals surface area contributed by atoms with Crippen LogP contribution in [-0.4, -0.2) is 42.1 Å². The highest BCUT2D eigenvalue weighted by molar-refractivity contribution is 7.88. The minimum Gasteiger partial charge on any atom is -0.278 e. The summed E-state index contributed by atoms with van der Waals surface area (Å²) in [7, 11) is -2.87. The summed E-state index contributed by atoms with van der Waals surface area (Å²) in [6.45, 7) is 41.3. The van der Waals surface area contributed by atoms with Crippen LogP contribution in [0, 0.1) is 0 Å². The van der Waals surface area contributed by atoms with E-state index in [0.29, 0.717) is 0 Å². The number of nitrogens with zero attached hydrogens (tertiary/aromatic N) is 4. The molecule has 2 fully saturated rings. The van der Waals surface area contributed by atoms with E-state index in [2.05, 4.69) is 187 Å². The molecule has 242 valence electrons. The zero-order valence-electron chi connectivity index (χ0n) is 29.9. The van der Waals surface area contributed by atoms with Crippen LogP contribution in [0.3, 0.4) is 0 Å². The van der Waals surface area contributed by atoms with Crippen LogP contribution in [0.25, 0.3) is 0 Å².